The Morgan fingerprint density at radius 2 is 2.23 bits per heavy atom. The van der Waals surface area contributed by atoms with Crippen molar-refractivity contribution in [2.24, 2.45) is 0 Å². The molecule has 0 aliphatic rings. The molecule has 1 aromatic carbocycles. The summed E-state index contributed by atoms with van der Waals surface area (Å²) in [6.45, 7) is 0. The van der Waals surface area contributed by atoms with Gasteiger partial charge in [0.1, 0.15) is 11.8 Å². The van der Waals surface area contributed by atoms with Crippen LogP contribution in [0.4, 0.5) is 0 Å². The van der Waals surface area contributed by atoms with Crippen molar-refractivity contribution in [3.05, 3.63) is 34.5 Å². The Hall–Kier alpha value is -1.29. The van der Waals surface area contributed by atoms with Gasteiger partial charge < -0.3 is 9.52 Å². The number of aromatic carboxylic acids is 1. The minimum absolute atomic E-state index is 0.248. The zero-order valence-electron chi connectivity index (χ0n) is 6.45. The maximum absolute atomic E-state index is 10.8. The molecule has 2 rings (SSSR count). The van der Waals surface area contributed by atoms with E-state index in [0.717, 1.165) is 0 Å². The molecule has 0 fully saturated rings. The molecule has 3 nitrogen and oxygen atoms in total. The quantitative estimate of drug-likeness (QED) is 0.834. The summed E-state index contributed by atoms with van der Waals surface area (Å²) in [6, 6.07) is 4.93. The molecule has 0 atom stereocenters. The average Bonchev–Trinajstić information content (AvgIpc) is 2.48. The molecule has 0 saturated heterocycles. The Balaban J connectivity index is 2.88. The van der Waals surface area contributed by atoms with Crippen molar-refractivity contribution in [1.82, 2.24) is 0 Å². The predicted octanol–water partition coefficient (Wildman–Crippen LogP) is 2.89. The van der Waals surface area contributed by atoms with Crippen LogP contribution < -0.4 is 0 Å². The third kappa shape index (κ3) is 1.23. The van der Waals surface area contributed by atoms with Crippen LogP contribution in [0.5, 0.6) is 0 Å². The maximum Gasteiger partial charge on any atom is 0.336 e. The van der Waals surface area contributed by atoms with Gasteiger partial charge in [-0.3, -0.25) is 0 Å². The Bertz CT molecular complexity index is 473. The third-order valence-corrected chi connectivity index (χ3v) is 2.37. The molecule has 0 unspecified atom stereocenters. The van der Waals surface area contributed by atoms with Crippen LogP contribution in [0.3, 0.4) is 0 Å². The fraction of sp³-hybridized carbons (Fsp3) is 0. The molecule has 13 heavy (non-hydrogen) atoms. The standard InChI is InChI=1S/C9H5BrO3/c10-6-4-13-7-3-1-2-5(8(6)7)9(11)12/h1-4H,(H,11,12). The van der Waals surface area contributed by atoms with Gasteiger partial charge in [0.25, 0.3) is 0 Å². The van der Waals surface area contributed by atoms with Crippen molar-refractivity contribution < 1.29 is 14.3 Å². The monoisotopic (exact) mass is 240 g/mol. The molecule has 0 radical (unpaired) electrons. The Labute approximate surface area is 82.1 Å². The van der Waals surface area contributed by atoms with Crippen LogP contribution in [0.15, 0.2) is 33.4 Å². The van der Waals surface area contributed by atoms with E-state index in [1.165, 1.54) is 6.26 Å². The lowest BCUT2D eigenvalue weighted by atomic mass is 10.1. The van der Waals surface area contributed by atoms with Crippen LogP contribution in [-0.2, 0) is 0 Å². The highest BCUT2D eigenvalue weighted by Crippen LogP contribution is 2.28. The van der Waals surface area contributed by atoms with E-state index in [1.807, 2.05) is 0 Å². The Morgan fingerprint density at radius 3 is 2.92 bits per heavy atom. The molecule has 0 spiro atoms. The van der Waals surface area contributed by atoms with Gasteiger partial charge in [-0.25, -0.2) is 4.79 Å². The lowest BCUT2D eigenvalue weighted by Gasteiger charge is -1.95. The Morgan fingerprint density at radius 1 is 1.46 bits per heavy atom. The first-order chi connectivity index (χ1) is 6.20. The topological polar surface area (TPSA) is 50.4 Å². The normalized spacial score (nSPS) is 10.5. The lowest BCUT2D eigenvalue weighted by molar-refractivity contribution is 0.0699. The highest BCUT2D eigenvalue weighted by molar-refractivity contribution is 9.10. The number of benzene rings is 1. The number of halogens is 1. The van der Waals surface area contributed by atoms with E-state index in [1.54, 1.807) is 18.2 Å². The molecule has 1 N–H and O–H groups in total. The molecule has 1 aromatic heterocycles. The van der Waals surface area contributed by atoms with E-state index in [9.17, 15) is 4.79 Å². The fourth-order valence-electron chi connectivity index (χ4n) is 1.23. The maximum atomic E-state index is 10.8. The summed E-state index contributed by atoms with van der Waals surface area (Å²) < 4.78 is 5.80. The Kier molecular flexibility index (Phi) is 1.84. The van der Waals surface area contributed by atoms with Crippen molar-refractivity contribution in [3.8, 4) is 0 Å². The van der Waals surface area contributed by atoms with Gasteiger partial charge in [0.05, 0.1) is 10.0 Å². The first kappa shape index (κ1) is 8.31. The lowest BCUT2D eigenvalue weighted by Crippen LogP contribution is -1.95. The number of rotatable bonds is 1. The summed E-state index contributed by atoms with van der Waals surface area (Å²) in [5.41, 5.74) is 0.824. The SMILES string of the molecule is O=C(O)c1cccc2occ(Br)c12. The van der Waals surface area contributed by atoms with E-state index < -0.39 is 5.97 Å². The molecular weight excluding hydrogens is 236 g/mol. The fourth-order valence-corrected chi connectivity index (χ4v) is 1.73. The van der Waals surface area contributed by atoms with Crippen LogP contribution >= 0.6 is 15.9 Å². The van der Waals surface area contributed by atoms with Crippen LogP contribution in [0.25, 0.3) is 11.0 Å². The van der Waals surface area contributed by atoms with Crippen molar-refractivity contribution in [2.45, 2.75) is 0 Å². The van der Waals surface area contributed by atoms with Gasteiger partial charge in [0, 0.05) is 5.39 Å². The van der Waals surface area contributed by atoms with Crippen molar-refractivity contribution in [2.75, 3.05) is 0 Å². The molecule has 66 valence electrons. The highest BCUT2D eigenvalue weighted by Gasteiger charge is 2.12. The van der Waals surface area contributed by atoms with Gasteiger partial charge in [-0.1, -0.05) is 6.07 Å². The molecule has 0 saturated carbocycles. The van der Waals surface area contributed by atoms with Crippen molar-refractivity contribution in [1.29, 1.82) is 0 Å². The minimum atomic E-state index is -0.951. The second-order valence-electron chi connectivity index (χ2n) is 2.57. The van der Waals surface area contributed by atoms with Crippen LogP contribution in [0.1, 0.15) is 10.4 Å². The summed E-state index contributed by atoms with van der Waals surface area (Å²) in [6.07, 6.45) is 1.48. The number of carbonyl (C=O) groups is 1. The van der Waals surface area contributed by atoms with E-state index >= 15 is 0 Å². The van der Waals surface area contributed by atoms with Gasteiger partial charge >= 0.3 is 5.97 Å². The van der Waals surface area contributed by atoms with Crippen molar-refractivity contribution >= 4 is 32.9 Å². The summed E-state index contributed by atoms with van der Waals surface area (Å²) in [5, 5.41) is 9.47. The predicted molar refractivity (Wildman–Crippen MR) is 50.9 cm³/mol. The number of carboxylic acid groups (broad SMARTS) is 1. The van der Waals surface area contributed by atoms with Gasteiger partial charge in [-0.05, 0) is 28.1 Å². The number of carboxylic acids is 1. The van der Waals surface area contributed by atoms with Gasteiger partial charge in [-0.15, -0.1) is 0 Å². The second-order valence-corrected chi connectivity index (χ2v) is 3.42. The van der Waals surface area contributed by atoms with E-state index in [0.29, 0.717) is 15.4 Å². The smallest absolute Gasteiger partial charge is 0.336 e. The molecule has 2 aromatic rings. The van der Waals surface area contributed by atoms with E-state index in [4.69, 9.17) is 9.52 Å². The second kappa shape index (κ2) is 2.88. The molecule has 0 bridgehead atoms. The molecule has 0 aliphatic heterocycles. The van der Waals surface area contributed by atoms with Crippen LogP contribution in [0, 0.1) is 0 Å². The zero-order chi connectivity index (χ0) is 9.42. The summed E-state index contributed by atoms with van der Waals surface area (Å²) in [7, 11) is 0. The van der Waals surface area contributed by atoms with Gasteiger partial charge in [0.15, 0.2) is 0 Å². The average molecular weight is 241 g/mol. The van der Waals surface area contributed by atoms with Gasteiger partial charge in [0.2, 0.25) is 0 Å². The number of furan rings is 1. The number of hydrogen-bond donors (Lipinski definition) is 1. The molecule has 0 aliphatic carbocycles. The molecule has 1 heterocycles. The van der Waals surface area contributed by atoms with E-state index in [2.05, 4.69) is 15.9 Å². The summed E-state index contributed by atoms with van der Waals surface area (Å²) in [5.74, 6) is -0.951. The summed E-state index contributed by atoms with van der Waals surface area (Å²) >= 11 is 3.23. The highest BCUT2D eigenvalue weighted by atomic mass is 79.9. The molecule has 4 heteroatoms. The number of fused-ring (bicyclic) bond motifs is 1. The minimum Gasteiger partial charge on any atom is -0.478 e. The zero-order valence-corrected chi connectivity index (χ0v) is 8.04. The molecular formula is C9H5BrO3. The molecule has 0 amide bonds. The number of hydrogen-bond acceptors (Lipinski definition) is 2. The van der Waals surface area contributed by atoms with Crippen molar-refractivity contribution in [3.63, 3.8) is 0 Å². The van der Waals surface area contributed by atoms with Crippen LogP contribution in [-0.4, -0.2) is 11.1 Å². The first-order valence-corrected chi connectivity index (χ1v) is 4.38. The summed E-state index contributed by atoms with van der Waals surface area (Å²) in [4.78, 5) is 10.8. The van der Waals surface area contributed by atoms with Crippen LogP contribution in [0.2, 0.25) is 0 Å². The largest absolute Gasteiger partial charge is 0.478 e. The van der Waals surface area contributed by atoms with Gasteiger partial charge in [-0.2, -0.15) is 0 Å². The third-order valence-electron chi connectivity index (χ3n) is 1.78. The van der Waals surface area contributed by atoms with E-state index in [-0.39, 0.29) is 5.56 Å². The first-order valence-electron chi connectivity index (χ1n) is 3.59.